The van der Waals surface area contributed by atoms with Gasteiger partial charge in [-0.2, -0.15) is 0 Å². The number of hydrogen-bond acceptors (Lipinski definition) is 4. The smallest absolute Gasteiger partial charge is 0.198 e. The maximum absolute atomic E-state index is 14.2. The molecule has 0 saturated heterocycles. The van der Waals surface area contributed by atoms with Crippen molar-refractivity contribution in [3.63, 3.8) is 0 Å². The number of rotatable bonds is 5. The highest BCUT2D eigenvalue weighted by molar-refractivity contribution is 5.74. The van der Waals surface area contributed by atoms with Crippen molar-refractivity contribution in [3.8, 4) is 0 Å². The molecule has 1 heterocycles. The maximum Gasteiger partial charge on any atom is 0.198 e. The van der Waals surface area contributed by atoms with E-state index in [-0.39, 0.29) is 17.3 Å². The second-order valence-corrected chi connectivity index (χ2v) is 6.88. The Morgan fingerprint density at radius 3 is 2.73 bits per heavy atom. The van der Waals surface area contributed by atoms with E-state index >= 15 is 0 Å². The number of halogens is 1. The molecule has 0 unspecified atom stereocenters. The Kier molecular flexibility index (Phi) is 3.95. The molecule has 1 N–H and O–H groups in total. The molecule has 0 aliphatic heterocycles. The van der Waals surface area contributed by atoms with E-state index in [2.05, 4.69) is 4.98 Å². The summed E-state index contributed by atoms with van der Waals surface area (Å²) in [6.45, 7) is 5.13. The number of aromatic nitrogens is 1. The lowest BCUT2D eigenvalue weighted by molar-refractivity contribution is -0.0555. The monoisotopic (exact) mass is 306 g/mol. The van der Waals surface area contributed by atoms with E-state index in [9.17, 15) is 9.50 Å². The average molecular weight is 306 g/mol. The van der Waals surface area contributed by atoms with E-state index in [1.807, 2.05) is 31.9 Å². The molecule has 5 heteroatoms. The normalized spacial score (nSPS) is 17.4. The molecule has 0 spiro atoms. The predicted octanol–water partition coefficient (Wildman–Crippen LogP) is 3.44. The zero-order valence-electron chi connectivity index (χ0n) is 13.4. The quantitative estimate of drug-likeness (QED) is 0.919. The minimum absolute atomic E-state index is 0.130. The highest BCUT2D eigenvalue weighted by atomic mass is 19.1. The Balaban J connectivity index is 1.78. The number of fused-ring (bicyclic) bond motifs is 1. The summed E-state index contributed by atoms with van der Waals surface area (Å²) >= 11 is 0. The fraction of sp³-hybridized carbons (Fsp3) is 0.588. The van der Waals surface area contributed by atoms with Crippen LogP contribution in [0.3, 0.4) is 0 Å². The molecule has 0 atom stereocenters. The summed E-state index contributed by atoms with van der Waals surface area (Å²) < 4.78 is 19.7. The van der Waals surface area contributed by atoms with Crippen LogP contribution in [-0.4, -0.2) is 34.2 Å². The van der Waals surface area contributed by atoms with Gasteiger partial charge in [0.05, 0.1) is 5.60 Å². The molecule has 1 aromatic carbocycles. The van der Waals surface area contributed by atoms with Crippen molar-refractivity contribution >= 4 is 11.1 Å². The van der Waals surface area contributed by atoms with E-state index < -0.39 is 5.60 Å². The van der Waals surface area contributed by atoms with Gasteiger partial charge in [0.25, 0.3) is 0 Å². The molecule has 0 amide bonds. The van der Waals surface area contributed by atoms with Gasteiger partial charge in [-0.1, -0.05) is 13.8 Å². The minimum Gasteiger partial charge on any atom is -0.437 e. The number of benzene rings is 1. The van der Waals surface area contributed by atoms with Gasteiger partial charge in [0.15, 0.2) is 17.3 Å². The molecule has 22 heavy (non-hydrogen) atoms. The summed E-state index contributed by atoms with van der Waals surface area (Å²) in [6, 6.07) is 3.37. The minimum atomic E-state index is -0.559. The first-order valence-electron chi connectivity index (χ1n) is 7.86. The molecule has 2 aromatic rings. The Labute approximate surface area is 129 Å². The van der Waals surface area contributed by atoms with Gasteiger partial charge in [-0.25, -0.2) is 9.37 Å². The van der Waals surface area contributed by atoms with E-state index in [0.29, 0.717) is 24.5 Å². The number of aliphatic hydroxyl groups is 1. The highest BCUT2D eigenvalue weighted by Crippen LogP contribution is 2.32. The molecule has 0 radical (unpaired) electrons. The van der Waals surface area contributed by atoms with Crippen LogP contribution < -0.4 is 0 Å². The molecule has 1 aliphatic carbocycles. The van der Waals surface area contributed by atoms with Crippen molar-refractivity contribution in [1.29, 1.82) is 0 Å². The standard InChI is InChI=1S/C17H23FN2O2/c1-11(2)16-19-14-8-12(7-13(18)15(14)22-16)9-20(3)10-17(21)5-4-6-17/h7-8,11,21H,4-6,9-10H2,1-3H3. The summed E-state index contributed by atoms with van der Waals surface area (Å²) in [6.07, 6.45) is 2.79. The summed E-state index contributed by atoms with van der Waals surface area (Å²) in [5, 5.41) is 10.2. The Morgan fingerprint density at radius 1 is 1.41 bits per heavy atom. The Morgan fingerprint density at radius 2 is 2.14 bits per heavy atom. The Hall–Kier alpha value is -1.46. The van der Waals surface area contributed by atoms with Crippen molar-refractivity contribution < 1.29 is 13.9 Å². The molecule has 0 bridgehead atoms. The zero-order chi connectivity index (χ0) is 15.9. The van der Waals surface area contributed by atoms with Crippen molar-refractivity contribution in [3.05, 3.63) is 29.4 Å². The molecule has 1 saturated carbocycles. The summed E-state index contributed by atoms with van der Waals surface area (Å²) in [7, 11) is 1.95. The largest absolute Gasteiger partial charge is 0.437 e. The number of hydrogen-bond donors (Lipinski definition) is 1. The third kappa shape index (κ3) is 3.01. The van der Waals surface area contributed by atoms with Crippen LogP contribution in [0, 0.1) is 5.82 Å². The van der Waals surface area contributed by atoms with Gasteiger partial charge in [0.1, 0.15) is 5.52 Å². The van der Waals surface area contributed by atoms with Crippen LogP contribution in [0.1, 0.15) is 50.5 Å². The number of nitrogens with zero attached hydrogens (tertiary/aromatic N) is 2. The van der Waals surface area contributed by atoms with Crippen LogP contribution in [0.2, 0.25) is 0 Å². The average Bonchev–Trinajstić information content (AvgIpc) is 2.81. The third-order valence-corrected chi connectivity index (χ3v) is 4.32. The molecule has 1 aliphatic rings. The summed E-state index contributed by atoms with van der Waals surface area (Å²) in [5.41, 5.74) is 1.08. The fourth-order valence-electron chi connectivity index (χ4n) is 3.01. The topological polar surface area (TPSA) is 49.5 Å². The SMILES string of the molecule is CC(C)c1nc2cc(CN(C)CC3(O)CCC3)cc(F)c2o1. The molecule has 4 nitrogen and oxygen atoms in total. The van der Waals surface area contributed by atoms with Gasteiger partial charge in [-0.05, 0) is 44.0 Å². The third-order valence-electron chi connectivity index (χ3n) is 4.32. The highest BCUT2D eigenvalue weighted by Gasteiger charge is 2.35. The second-order valence-electron chi connectivity index (χ2n) is 6.88. The van der Waals surface area contributed by atoms with Gasteiger partial charge < -0.3 is 9.52 Å². The van der Waals surface area contributed by atoms with Gasteiger partial charge in [0.2, 0.25) is 0 Å². The molecule has 120 valence electrons. The predicted molar refractivity (Wildman–Crippen MR) is 83.2 cm³/mol. The lowest BCUT2D eigenvalue weighted by Gasteiger charge is -2.39. The van der Waals surface area contributed by atoms with Crippen molar-refractivity contribution in [2.75, 3.05) is 13.6 Å². The second kappa shape index (κ2) is 5.63. The summed E-state index contributed by atoms with van der Waals surface area (Å²) in [5.74, 6) is 0.316. The van der Waals surface area contributed by atoms with Crippen LogP contribution in [0.15, 0.2) is 16.5 Å². The van der Waals surface area contributed by atoms with Crippen LogP contribution in [0.25, 0.3) is 11.1 Å². The number of oxazole rings is 1. The molecule has 1 fully saturated rings. The van der Waals surface area contributed by atoms with Gasteiger partial charge in [0, 0.05) is 19.0 Å². The van der Waals surface area contributed by atoms with Crippen LogP contribution in [-0.2, 0) is 6.54 Å². The van der Waals surface area contributed by atoms with Crippen molar-refractivity contribution in [2.45, 2.75) is 51.2 Å². The maximum atomic E-state index is 14.2. The number of likely N-dealkylation sites (N-methyl/N-ethyl adjacent to an activating group) is 1. The fourth-order valence-corrected chi connectivity index (χ4v) is 3.01. The lowest BCUT2D eigenvalue weighted by Crippen LogP contribution is -2.46. The van der Waals surface area contributed by atoms with Gasteiger partial charge >= 0.3 is 0 Å². The first kappa shape index (κ1) is 15.4. The molecule has 1 aromatic heterocycles. The van der Waals surface area contributed by atoms with Crippen LogP contribution in [0.5, 0.6) is 0 Å². The first-order valence-corrected chi connectivity index (χ1v) is 7.86. The van der Waals surface area contributed by atoms with Gasteiger partial charge in [-0.3, -0.25) is 4.90 Å². The lowest BCUT2D eigenvalue weighted by atomic mass is 9.80. The summed E-state index contributed by atoms with van der Waals surface area (Å²) in [4.78, 5) is 6.40. The van der Waals surface area contributed by atoms with Gasteiger partial charge in [-0.15, -0.1) is 0 Å². The van der Waals surface area contributed by atoms with Crippen molar-refractivity contribution in [1.82, 2.24) is 9.88 Å². The van der Waals surface area contributed by atoms with E-state index in [0.717, 1.165) is 24.8 Å². The molecule has 3 rings (SSSR count). The first-order chi connectivity index (χ1) is 10.4. The van der Waals surface area contributed by atoms with E-state index in [4.69, 9.17) is 4.42 Å². The van der Waals surface area contributed by atoms with Crippen molar-refractivity contribution in [2.24, 2.45) is 0 Å². The van der Waals surface area contributed by atoms with Crippen LogP contribution in [0.4, 0.5) is 4.39 Å². The molecular weight excluding hydrogens is 283 g/mol. The zero-order valence-corrected chi connectivity index (χ0v) is 13.4. The van der Waals surface area contributed by atoms with Crippen LogP contribution >= 0.6 is 0 Å². The van der Waals surface area contributed by atoms with E-state index in [1.165, 1.54) is 6.07 Å². The molecular formula is C17H23FN2O2. The Bertz CT molecular complexity index is 677. The van der Waals surface area contributed by atoms with E-state index in [1.54, 1.807) is 0 Å².